The van der Waals surface area contributed by atoms with Crippen LogP contribution in [0.3, 0.4) is 0 Å². The first-order chi connectivity index (χ1) is 10.1. The average Bonchev–Trinajstić information content (AvgIpc) is 2.50. The van der Waals surface area contributed by atoms with Gasteiger partial charge in [0.1, 0.15) is 6.61 Å². The lowest BCUT2D eigenvalue weighted by atomic mass is 10.2. The fourth-order valence-electron chi connectivity index (χ4n) is 1.93. The molecule has 6 heteroatoms. The second kappa shape index (κ2) is 7.95. The van der Waals surface area contributed by atoms with E-state index in [1.54, 1.807) is 18.3 Å². The summed E-state index contributed by atoms with van der Waals surface area (Å²) in [4.78, 5) is 18.1. The fraction of sp³-hybridized carbons (Fsp3) is 0.600. The molecule has 0 saturated carbocycles. The normalized spacial score (nSPS) is 16.0. The Morgan fingerprint density at radius 2 is 2.19 bits per heavy atom. The number of carbonyl (C=O) groups excluding carboxylic acids is 1. The minimum Gasteiger partial charge on any atom is -0.476 e. The molecule has 0 aromatic carbocycles. The van der Waals surface area contributed by atoms with Gasteiger partial charge in [0.15, 0.2) is 0 Å². The maximum atomic E-state index is 11.6. The Hall–Kier alpha value is -1.66. The van der Waals surface area contributed by atoms with Gasteiger partial charge in [-0.25, -0.2) is 4.98 Å². The van der Waals surface area contributed by atoms with E-state index in [9.17, 15) is 4.79 Å². The third-order valence-corrected chi connectivity index (χ3v) is 3.29. The van der Waals surface area contributed by atoms with Gasteiger partial charge >= 0.3 is 0 Å². The number of anilines is 1. The van der Waals surface area contributed by atoms with Crippen molar-refractivity contribution < 1.29 is 14.3 Å². The Morgan fingerprint density at radius 1 is 1.43 bits per heavy atom. The molecule has 0 spiro atoms. The van der Waals surface area contributed by atoms with Crippen molar-refractivity contribution in [3.8, 4) is 5.88 Å². The van der Waals surface area contributed by atoms with E-state index in [2.05, 4.69) is 15.2 Å². The molecular weight excluding hydrogens is 270 g/mol. The maximum Gasteiger partial charge on any atom is 0.226 e. The van der Waals surface area contributed by atoms with E-state index >= 15 is 0 Å². The summed E-state index contributed by atoms with van der Waals surface area (Å²) in [7, 11) is 0. The fourth-order valence-corrected chi connectivity index (χ4v) is 1.93. The number of hydrogen-bond donors (Lipinski definition) is 1. The molecule has 21 heavy (non-hydrogen) atoms. The van der Waals surface area contributed by atoms with Gasteiger partial charge in [-0.1, -0.05) is 13.8 Å². The van der Waals surface area contributed by atoms with Crippen LogP contribution >= 0.6 is 0 Å². The number of amides is 1. The van der Waals surface area contributed by atoms with E-state index in [-0.39, 0.29) is 11.8 Å². The maximum absolute atomic E-state index is 11.6. The molecule has 2 rings (SSSR count). The van der Waals surface area contributed by atoms with Crippen molar-refractivity contribution in [2.45, 2.75) is 13.8 Å². The van der Waals surface area contributed by atoms with E-state index in [4.69, 9.17) is 9.47 Å². The van der Waals surface area contributed by atoms with Crippen LogP contribution in [0.15, 0.2) is 18.3 Å². The first kappa shape index (κ1) is 15.7. The minimum absolute atomic E-state index is 0.0159. The molecule has 1 aliphatic heterocycles. The first-order valence-electron chi connectivity index (χ1n) is 7.35. The Balaban J connectivity index is 1.73. The number of carbonyl (C=O) groups is 1. The van der Waals surface area contributed by atoms with Crippen molar-refractivity contribution in [2.24, 2.45) is 5.92 Å². The molecule has 1 aromatic rings. The standard InChI is InChI=1S/C15H23N3O3/c1-12(2)15(19)17-13-3-4-14(16-11-13)21-10-7-18-5-8-20-9-6-18/h3-4,11-12H,5-10H2,1-2H3,(H,17,19). The zero-order valence-corrected chi connectivity index (χ0v) is 12.7. The summed E-state index contributed by atoms with van der Waals surface area (Å²) in [6.07, 6.45) is 1.62. The molecule has 0 aliphatic carbocycles. The number of ether oxygens (including phenoxy) is 2. The molecule has 1 saturated heterocycles. The van der Waals surface area contributed by atoms with Crippen molar-refractivity contribution in [3.63, 3.8) is 0 Å². The Kier molecular flexibility index (Phi) is 5.95. The van der Waals surface area contributed by atoms with Crippen LogP contribution in [0.2, 0.25) is 0 Å². The van der Waals surface area contributed by atoms with Crippen molar-refractivity contribution in [3.05, 3.63) is 18.3 Å². The molecule has 116 valence electrons. The summed E-state index contributed by atoms with van der Waals surface area (Å²) in [5.41, 5.74) is 0.689. The highest BCUT2D eigenvalue weighted by Gasteiger charge is 2.10. The van der Waals surface area contributed by atoms with Crippen molar-refractivity contribution in [2.75, 3.05) is 44.8 Å². The Labute approximate surface area is 125 Å². The van der Waals surface area contributed by atoms with Crippen LogP contribution in [0.1, 0.15) is 13.8 Å². The topological polar surface area (TPSA) is 63.7 Å². The Bertz CT molecular complexity index is 442. The second-order valence-corrected chi connectivity index (χ2v) is 5.33. The van der Waals surface area contributed by atoms with Gasteiger partial charge in [0, 0.05) is 31.6 Å². The molecule has 0 radical (unpaired) electrons. The van der Waals surface area contributed by atoms with Crippen molar-refractivity contribution in [1.29, 1.82) is 0 Å². The molecule has 6 nitrogen and oxygen atoms in total. The van der Waals surface area contributed by atoms with Gasteiger partial charge in [-0.3, -0.25) is 9.69 Å². The van der Waals surface area contributed by atoms with Gasteiger partial charge < -0.3 is 14.8 Å². The molecule has 1 aliphatic rings. The molecule has 0 unspecified atom stereocenters. The summed E-state index contributed by atoms with van der Waals surface area (Å²) in [5, 5.41) is 2.80. The quantitative estimate of drug-likeness (QED) is 0.858. The summed E-state index contributed by atoms with van der Waals surface area (Å²) in [5.74, 6) is 0.512. The van der Waals surface area contributed by atoms with Crippen LogP contribution in [0.25, 0.3) is 0 Å². The van der Waals surface area contributed by atoms with Gasteiger partial charge in [0.25, 0.3) is 0 Å². The summed E-state index contributed by atoms with van der Waals surface area (Å²) in [6, 6.07) is 3.58. The highest BCUT2D eigenvalue weighted by molar-refractivity contribution is 5.91. The number of aromatic nitrogens is 1. The SMILES string of the molecule is CC(C)C(=O)Nc1ccc(OCCN2CCOCC2)nc1. The van der Waals surface area contributed by atoms with Crippen LogP contribution < -0.4 is 10.1 Å². The van der Waals surface area contributed by atoms with Gasteiger partial charge in [0.2, 0.25) is 11.8 Å². The lowest BCUT2D eigenvalue weighted by Gasteiger charge is -2.26. The molecule has 0 bridgehead atoms. The van der Waals surface area contributed by atoms with Crippen LogP contribution in [-0.2, 0) is 9.53 Å². The molecule has 2 heterocycles. The highest BCUT2D eigenvalue weighted by atomic mass is 16.5. The summed E-state index contributed by atoms with van der Waals surface area (Å²) in [6.45, 7) is 8.68. The Morgan fingerprint density at radius 3 is 2.81 bits per heavy atom. The van der Waals surface area contributed by atoms with Crippen LogP contribution in [0, 0.1) is 5.92 Å². The lowest BCUT2D eigenvalue weighted by molar-refractivity contribution is -0.118. The number of nitrogens with one attached hydrogen (secondary N) is 1. The first-order valence-corrected chi connectivity index (χ1v) is 7.35. The third kappa shape index (κ3) is 5.32. The number of morpholine rings is 1. The van der Waals surface area contributed by atoms with Gasteiger partial charge in [-0.2, -0.15) is 0 Å². The number of rotatable bonds is 6. The smallest absolute Gasteiger partial charge is 0.226 e. The van der Waals surface area contributed by atoms with E-state index in [1.807, 2.05) is 13.8 Å². The van der Waals surface area contributed by atoms with E-state index in [1.165, 1.54) is 0 Å². The zero-order valence-electron chi connectivity index (χ0n) is 12.7. The lowest BCUT2D eigenvalue weighted by Crippen LogP contribution is -2.38. The second-order valence-electron chi connectivity index (χ2n) is 5.33. The van der Waals surface area contributed by atoms with Crippen molar-refractivity contribution >= 4 is 11.6 Å². The number of hydrogen-bond acceptors (Lipinski definition) is 5. The zero-order chi connectivity index (χ0) is 15.1. The monoisotopic (exact) mass is 293 g/mol. The third-order valence-electron chi connectivity index (χ3n) is 3.29. The van der Waals surface area contributed by atoms with Gasteiger partial charge in [-0.05, 0) is 6.07 Å². The summed E-state index contributed by atoms with van der Waals surface area (Å²) >= 11 is 0. The highest BCUT2D eigenvalue weighted by Crippen LogP contribution is 2.12. The predicted octanol–water partition coefficient (Wildman–Crippen LogP) is 1.39. The van der Waals surface area contributed by atoms with E-state index < -0.39 is 0 Å². The van der Waals surface area contributed by atoms with Gasteiger partial charge in [-0.15, -0.1) is 0 Å². The van der Waals surface area contributed by atoms with Crippen LogP contribution in [0.4, 0.5) is 5.69 Å². The average molecular weight is 293 g/mol. The molecule has 1 amide bonds. The molecular formula is C15H23N3O3. The van der Waals surface area contributed by atoms with E-state index in [0.29, 0.717) is 18.2 Å². The number of nitrogens with zero attached hydrogens (tertiary/aromatic N) is 2. The minimum atomic E-state index is -0.0468. The predicted molar refractivity (Wildman–Crippen MR) is 80.5 cm³/mol. The largest absolute Gasteiger partial charge is 0.476 e. The summed E-state index contributed by atoms with van der Waals surface area (Å²) < 4.78 is 10.9. The van der Waals surface area contributed by atoms with Crippen LogP contribution in [-0.4, -0.2) is 55.2 Å². The molecule has 0 atom stereocenters. The van der Waals surface area contributed by atoms with Crippen LogP contribution in [0.5, 0.6) is 5.88 Å². The van der Waals surface area contributed by atoms with Gasteiger partial charge in [0.05, 0.1) is 25.1 Å². The molecule has 1 N–H and O–H groups in total. The molecule has 1 aromatic heterocycles. The van der Waals surface area contributed by atoms with Crippen molar-refractivity contribution in [1.82, 2.24) is 9.88 Å². The molecule has 1 fully saturated rings. The van der Waals surface area contributed by atoms with E-state index in [0.717, 1.165) is 32.8 Å². The number of pyridine rings is 1.